The first kappa shape index (κ1) is 12.8. The van der Waals surface area contributed by atoms with Gasteiger partial charge < -0.3 is 15.8 Å². The Balaban J connectivity index is 2.06. The molecule has 1 heterocycles. The van der Waals surface area contributed by atoms with Gasteiger partial charge in [-0.3, -0.25) is 0 Å². The maximum Gasteiger partial charge on any atom is 0.360 e. The van der Waals surface area contributed by atoms with Crippen molar-refractivity contribution < 1.29 is 9.53 Å². The Morgan fingerprint density at radius 2 is 2.11 bits per heavy atom. The van der Waals surface area contributed by atoms with Crippen molar-refractivity contribution in [2.75, 3.05) is 18.2 Å². The highest BCUT2D eigenvalue weighted by Gasteiger charge is 2.13. The number of nitrogens with zero attached hydrogens (tertiary/aromatic N) is 2. The molecular formula is C13H14N4O2. The lowest BCUT2D eigenvalue weighted by atomic mass is 10.2. The number of methoxy groups -OCH3 is 1. The molecule has 6 heteroatoms. The van der Waals surface area contributed by atoms with Crippen molar-refractivity contribution >= 4 is 17.6 Å². The average Bonchev–Trinajstić information content (AvgIpc) is 2.45. The molecule has 0 saturated heterocycles. The van der Waals surface area contributed by atoms with Crippen LogP contribution >= 0.6 is 0 Å². The van der Waals surface area contributed by atoms with E-state index in [1.54, 1.807) is 0 Å². The SMILES string of the molecule is COC(=O)c1ncc(NCc2ccccc2)nc1N. The van der Waals surface area contributed by atoms with Gasteiger partial charge in [-0.15, -0.1) is 0 Å². The van der Waals surface area contributed by atoms with Crippen LogP contribution < -0.4 is 11.1 Å². The summed E-state index contributed by atoms with van der Waals surface area (Å²) in [5.74, 6) is -0.0430. The van der Waals surface area contributed by atoms with E-state index in [0.717, 1.165) is 5.56 Å². The Bertz CT molecular complexity index is 572. The zero-order chi connectivity index (χ0) is 13.7. The number of benzene rings is 1. The molecule has 3 N–H and O–H groups in total. The molecular weight excluding hydrogens is 244 g/mol. The number of esters is 1. The molecule has 0 amide bonds. The molecule has 0 atom stereocenters. The third-order valence-electron chi connectivity index (χ3n) is 2.49. The third kappa shape index (κ3) is 3.19. The largest absolute Gasteiger partial charge is 0.464 e. The average molecular weight is 258 g/mol. The maximum absolute atomic E-state index is 11.3. The van der Waals surface area contributed by atoms with Gasteiger partial charge in [-0.05, 0) is 5.56 Å². The van der Waals surface area contributed by atoms with Gasteiger partial charge in [0.25, 0.3) is 0 Å². The lowest BCUT2D eigenvalue weighted by Gasteiger charge is -2.07. The monoisotopic (exact) mass is 258 g/mol. The topological polar surface area (TPSA) is 90.1 Å². The number of carbonyl (C=O) groups excluding carboxylic acids is 1. The van der Waals surface area contributed by atoms with Crippen LogP contribution in [0.15, 0.2) is 36.5 Å². The number of nitrogen functional groups attached to an aromatic ring is 1. The smallest absolute Gasteiger partial charge is 0.360 e. The number of nitrogens with one attached hydrogen (secondary N) is 1. The molecule has 2 aromatic rings. The van der Waals surface area contributed by atoms with Gasteiger partial charge in [-0.25, -0.2) is 14.8 Å². The van der Waals surface area contributed by atoms with Crippen LogP contribution in [-0.2, 0) is 11.3 Å². The van der Waals surface area contributed by atoms with Gasteiger partial charge >= 0.3 is 5.97 Å². The molecule has 1 aromatic carbocycles. The molecule has 0 bridgehead atoms. The number of anilines is 2. The summed E-state index contributed by atoms with van der Waals surface area (Å²) in [4.78, 5) is 19.3. The van der Waals surface area contributed by atoms with Crippen LogP contribution in [0, 0.1) is 0 Å². The molecule has 2 rings (SSSR count). The van der Waals surface area contributed by atoms with Gasteiger partial charge in [0.05, 0.1) is 13.3 Å². The van der Waals surface area contributed by atoms with Gasteiger partial charge in [0, 0.05) is 6.54 Å². The van der Waals surface area contributed by atoms with Gasteiger partial charge in [0.1, 0.15) is 5.82 Å². The van der Waals surface area contributed by atoms with Crippen molar-refractivity contribution in [1.82, 2.24) is 9.97 Å². The Hall–Kier alpha value is -2.63. The van der Waals surface area contributed by atoms with Crippen LogP contribution in [0.3, 0.4) is 0 Å². The van der Waals surface area contributed by atoms with E-state index in [2.05, 4.69) is 20.0 Å². The van der Waals surface area contributed by atoms with Crippen molar-refractivity contribution in [2.45, 2.75) is 6.54 Å². The highest BCUT2D eigenvalue weighted by Crippen LogP contribution is 2.11. The first-order valence-corrected chi connectivity index (χ1v) is 5.69. The van der Waals surface area contributed by atoms with E-state index >= 15 is 0 Å². The normalized spacial score (nSPS) is 9.95. The molecule has 0 radical (unpaired) electrons. The Morgan fingerprint density at radius 3 is 2.74 bits per heavy atom. The van der Waals surface area contributed by atoms with E-state index in [0.29, 0.717) is 12.4 Å². The fourth-order valence-corrected chi connectivity index (χ4v) is 1.53. The molecule has 1 aromatic heterocycles. The van der Waals surface area contributed by atoms with Crippen molar-refractivity contribution in [2.24, 2.45) is 0 Å². The number of rotatable bonds is 4. The predicted octanol–water partition coefficient (Wildman–Crippen LogP) is 1.46. The minimum atomic E-state index is -0.598. The van der Waals surface area contributed by atoms with Gasteiger partial charge in [0.15, 0.2) is 11.5 Å². The van der Waals surface area contributed by atoms with E-state index in [4.69, 9.17) is 5.73 Å². The lowest BCUT2D eigenvalue weighted by molar-refractivity contribution is 0.0595. The predicted molar refractivity (Wildman–Crippen MR) is 71.6 cm³/mol. The number of carbonyl (C=O) groups is 1. The zero-order valence-corrected chi connectivity index (χ0v) is 10.5. The summed E-state index contributed by atoms with van der Waals surface area (Å²) in [6.07, 6.45) is 1.45. The number of hydrogen-bond donors (Lipinski definition) is 2. The summed E-state index contributed by atoms with van der Waals surface area (Å²) in [5.41, 5.74) is 6.78. The third-order valence-corrected chi connectivity index (χ3v) is 2.49. The molecule has 0 unspecified atom stereocenters. The molecule has 0 aliphatic heterocycles. The molecule has 0 spiro atoms. The van der Waals surface area contributed by atoms with E-state index in [1.807, 2.05) is 30.3 Å². The number of ether oxygens (including phenoxy) is 1. The van der Waals surface area contributed by atoms with Crippen LogP contribution in [0.4, 0.5) is 11.6 Å². The molecule has 0 saturated carbocycles. The van der Waals surface area contributed by atoms with Crippen molar-refractivity contribution in [1.29, 1.82) is 0 Å². The summed E-state index contributed by atoms with van der Waals surface area (Å²) in [7, 11) is 1.27. The van der Waals surface area contributed by atoms with Crippen molar-refractivity contribution in [3.63, 3.8) is 0 Å². The van der Waals surface area contributed by atoms with E-state index in [9.17, 15) is 4.79 Å². The summed E-state index contributed by atoms with van der Waals surface area (Å²) in [6, 6.07) is 9.85. The van der Waals surface area contributed by atoms with Crippen molar-refractivity contribution in [3.05, 3.63) is 47.8 Å². The lowest BCUT2D eigenvalue weighted by Crippen LogP contribution is -2.12. The highest BCUT2D eigenvalue weighted by molar-refractivity contribution is 5.91. The number of hydrogen-bond acceptors (Lipinski definition) is 6. The summed E-state index contributed by atoms with van der Waals surface area (Å²) in [5, 5.41) is 3.08. The van der Waals surface area contributed by atoms with Gasteiger partial charge in [0.2, 0.25) is 0 Å². The zero-order valence-electron chi connectivity index (χ0n) is 10.5. The molecule has 98 valence electrons. The summed E-state index contributed by atoms with van der Waals surface area (Å²) < 4.78 is 4.54. The van der Waals surface area contributed by atoms with Crippen LogP contribution in [0.25, 0.3) is 0 Å². The molecule has 19 heavy (non-hydrogen) atoms. The number of aromatic nitrogens is 2. The van der Waals surface area contributed by atoms with Crippen molar-refractivity contribution in [3.8, 4) is 0 Å². The quantitative estimate of drug-likeness (QED) is 0.807. The fourth-order valence-electron chi connectivity index (χ4n) is 1.53. The Labute approximate surface area is 110 Å². The number of nitrogens with two attached hydrogens (primary N) is 1. The Kier molecular flexibility index (Phi) is 3.92. The Morgan fingerprint density at radius 1 is 1.37 bits per heavy atom. The second-order valence-electron chi connectivity index (χ2n) is 3.82. The second kappa shape index (κ2) is 5.81. The van der Waals surface area contributed by atoms with E-state index in [-0.39, 0.29) is 11.5 Å². The fraction of sp³-hybridized carbons (Fsp3) is 0.154. The van der Waals surface area contributed by atoms with Gasteiger partial charge in [-0.1, -0.05) is 30.3 Å². The molecule has 0 aliphatic rings. The first-order chi connectivity index (χ1) is 9.20. The first-order valence-electron chi connectivity index (χ1n) is 5.69. The minimum absolute atomic E-state index is 0.0211. The molecule has 0 fully saturated rings. The molecule has 6 nitrogen and oxygen atoms in total. The van der Waals surface area contributed by atoms with E-state index < -0.39 is 5.97 Å². The molecule has 0 aliphatic carbocycles. The maximum atomic E-state index is 11.3. The standard InChI is InChI=1S/C13H14N4O2/c1-19-13(18)11-12(14)17-10(8-16-11)15-7-9-5-3-2-4-6-9/h2-6,8H,7H2,1H3,(H3,14,15,17). The second-order valence-corrected chi connectivity index (χ2v) is 3.82. The minimum Gasteiger partial charge on any atom is -0.464 e. The highest BCUT2D eigenvalue weighted by atomic mass is 16.5. The summed E-state index contributed by atoms with van der Waals surface area (Å²) in [6.45, 7) is 0.604. The summed E-state index contributed by atoms with van der Waals surface area (Å²) >= 11 is 0. The van der Waals surface area contributed by atoms with Crippen LogP contribution in [0.5, 0.6) is 0 Å². The van der Waals surface area contributed by atoms with Crippen LogP contribution in [0.1, 0.15) is 16.1 Å². The van der Waals surface area contributed by atoms with Crippen LogP contribution in [-0.4, -0.2) is 23.0 Å². The van der Waals surface area contributed by atoms with Gasteiger partial charge in [-0.2, -0.15) is 0 Å². The van der Waals surface area contributed by atoms with E-state index in [1.165, 1.54) is 13.3 Å². The van der Waals surface area contributed by atoms with Crippen LogP contribution in [0.2, 0.25) is 0 Å².